The Balaban J connectivity index is 1.26. The van der Waals surface area contributed by atoms with Crippen LogP contribution >= 0.6 is 11.3 Å². The van der Waals surface area contributed by atoms with Crippen molar-refractivity contribution < 1.29 is 9.59 Å². The highest BCUT2D eigenvalue weighted by atomic mass is 32.1. The summed E-state index contributed by atoms with van der Waals surface area (Å²) in [4.78, 5) is 47.9. The summed E-state index contributed by atoms with van der Waals surface area (Å²) < 4.78 is 1.80. The fourth-order valence-electron chi connectivity index (χ4n) is 4.17. The number of hydrogen-bond donors (Lipinski definition) is 1. The van der Waals surface area contributed by atoms with Gasteiger partial charge in [-0.15, -0.1) is 11.3 Å². The number of aryl methyl sites for hydroxylation is 2. The molecule has 32 heavy (non-hydrogen) atoms. The normalized spacial score (nSPS) is 15.1. The highest BCUT2D eigenvalue weighted by Gasteiger charge is 2.28. The van der Waals surface area contributed by atoms with Gasteiger partial charge >= 0.3 is 0 Å². The highest BCUT2D eigenvalue weighted by molar-refractivity contribution is 7.11. The van der Waals surface area contributed by atoms with Gasteiger partial charge in [0.25, 0.3) is 5.56 Å². The van der Waals surface area contributed by atoms with E-state index in [-0.39, 0.29) is 29.2 Å². The number of H-pyrrole nitrogens is 1. The van der Waals surface area contributed by atoms with E-state index in [9.17, 15) is 14.4 Å². The third-order valence-corrected chi connectivity index (χ3v) is 7.03. The molecule has 4 heterocycles. The maximum atomic E-state index is 12.8. The second-order valence-corrected chi connectivity index (χ2v) is 9.83. The largest absolute Gasteiger partial charge is 0.343 e. The van der Waals surface area contributed by atoms with Crippen molar-refractivity contribution in [2.75, 3.05) is 13.1 Å². The van der Waals surface area contributed by atoms with Gasteiger partial charge in [-0.2, -0.15) is 5.10 Å². The Morgan fingerprint density at radius 2 is 2.03 bits per heavy atom. The number of Topliss-reactive ketones (excluding diaryl/α,β-unsaturated/α-hetero) is 1. The Kier molecular flexibility index (Phi) is 6.55. The van der Waals surface area contributed by atoms with Crippen LogP contribution in [0.25, 0.3) is 10.9 Å². The Hall–Kier alpha value is -2.81. The molecule has 1 aliphatic rings. The predicted octanol–water partition coefficient (Wildman–Crippen LogP) is 3.51. The molecule has 1 saturated heterocycles. The first-order valence-corrected chi connectivity index (χ1v) is 12.0. The molecule has 0 aromatic carbocycles. The summed E-state index contributed by atoms with van der Waals surface area (Å²) in [5, 5.41) is 6.72. The van der Waals surface area contributed by atoms with Crippen molar-refractivity contribution in [1.29, 1.82) is 0 Å². The van der Waals surface area contributed by atoms with E-state index in [1.165, 1.54) is 11.3 Å². The SMILES string of the molecule is Cc1scc2c(=O)[nH]c(CCCC(=O)N3CCC(C(=O)c4cnn(C(C)C)c4)CC3)nc12. The molecule has 1 fully saturated rings. The molecule has 1 amide bonds. The van der Waals surface area contributed by atoms with Crippen molar-refractivity contribution in [3.8, 4) is 0 Å². The summed E-state index contributed by atoms with van der Waals surface area (Å²) in [6.07, 6.45) is 6.42. The first kappa shape index (κ1) is 22.4. The number of amides is 1. The van der Waals surface area contributed by atoms with Crippen LogP contribution in [0.15, 0.2) is 22.6 Å². The van der Waals surface area contributed by atoms with Crippen LogP contribution in [0.5, 0.6) is 0 Å². The summed E-state index contributed by atoms with van der Waals surface area (Å²) in [6.45, 7) is 7.21. The van der Waals surface area contributed by atoms with E-state index in [4.69, 9.17) is 0 Å². The molecule has 0 radical (unpaired) electrons. The highest BCUT2D eigenvalue weighted by Crippen LogP contribution is 2.23. The van der Waals surface area contributed by atoms with Crippen LogP contribution in [0.4, 0.5) is 0 Å². The van der Waals surface area contributed by atoms with Gasteiger partial charge in [-0.05, 0) is 40.0 Å². The van der Waals surface area contributed by atoms with Gasteiger partial charge in [-0.3, -0.25) is 19.1 Å². The molecule has 0 saturated carbocycles. The predicted molar refractivity (Wildman–Crippen MR) is 124 cm³/mol. The van der Waals surface area contributed by atoms with Gasteiger partial charge in [0, 0.05) is 54.3 Å². The number of nitrogens with zero attached hydrogens (tertiary/aromatic N) is 4. The maximum Gasteiger partial charge on any atom is 0.259 e. The second kappa shape index (κ2) is 9.36. The lowest BCUT2D eigenvalue weighted by molar-refractivity contribution is -0.132. The number of aromatic nitrogens is 4. The first-order chi connectivity index (χ1) is 15.3. The minimum atomic E-state index is -0.119. The molecule has 0 unspecified atom stereocenters. The van der Waals surface area contributed by atoms with E-state index in [0.29, 0.717) is 62.0 Å². The van der Waals surface area contributed by atoms with Gasteiger partial charge in [0.2, 0.25) is 5.91 Å². The molecular formula is C23H29N5O3S. The number of fused-ring (bicyclic) bond motifs is 1. The second-order valence-electron chi connectivity index (χ2n) is 8.74. The van der Waals surface area contributed by atoms with Crippen molar-refractivity contribution in [3.63, 3.8) is 0 Å². The van der Waals surface area contributed by atoms with Crippen molar-refractivity contribution in [2.45, 2.75) is 58.9 Å². The van der Waals surface area contributed by atoms with Crippen LogP contribution in [-0.2, 0) is 11.2 Å². The molecule has 0 aliphatic carbocycles. The number of nitrogens with one attached hydrogen (secondary N) is 1. The van der Waals surface area contributed by atoms with Gasteiger partial charge in [0.05, 0.1) is 22.7 Å². The van der Waals surface area contributed by atoms with Gasteiger partial charge in [0.15, 0.2) is 5.78 Å². The van der Waals surface area contributed by atoms with Crippen molar-refractivity contribution in [2.24, 2.45) is 5.92 Å². The molecule has 8 nitrogen and oxygen atoms in total. The smallest absolute Gasteiger partial charge is 0.259 e. The van der Waals surface area contributed by atoms with Gasteiger partial charge in [0.1, 0.15) is 5.82 Å². The molecule has 3 aromatic heterocycles. The number of hydrogen-bond acceptors (Lipinski definition) is 6. The lowest BCUT2D eigenvalue weighted by Crippen LogP contribution is -2.40. The third kappa shape index (κ3) is 4.67. The van der Waals surface area contributed by atoms with E-state index in [1.807, 2.05) is 37.2 Å². The van der Waals surface area contributed by atoms with Gasteiger partial charge in [-0.1, -0.05) is 0 Å². The number of thiophene rings is 1. The lowest BCUT2D eigenvalue weighted by atomic mass is 9.90. The summed E-state index contributed by atoms with van der Waals surface area (Å²) in [6, 6.07) is 0.222. The average Bonchev–Trinajstić information content (AvgIpc) is 3.41. The fourth-order valence-corrected chi connectivity index (χ4v) is 4.95. The van der Waals surface area contributed by atoms with Crippen LogP contribution in [0.3, 0.4) is 0 Å². The Morgan fingerprint density at radius 3 is 2.72 bits per heavy atom. The molecule has 0 atom stereocenters. The minimum Gasteiger partial charge on any atom is -0.343 e. The lowest BCUT2D eigenvalue weighted by Gasteiger charge is -2.31. The van der Waals surface area contributed by atoms with Crippen LogP contribution in [0.2, 0.25) is 0 Å². The Morgan fingerprint density at radius 1 is 1.28 bits per heavy atom. The summed E-state index contributed by atoms with van der Waals surface area (Å²) in [7, 11) is 0. The zero-order valence-corrected chi connectivity index (χ0v) is 19.6. The van der Waals surface area contributed by atoms with Crippen molar-refractivity contribution in [1.82, 2.24) is 24.6 Å². The van der Waals surface area contributed by atoms with Gasteiger partial charge < -0.3 is 9.88 Å². The Labute approximate surface area is 190 Å². The van der Waals surface area contributed by atoms with Crippen LogP contribution in [-0.4, -0.2) is 49.4 Å². The standard InChI is InChI=1S/C23H29N5O3S/c1-14(2)28-12-17(11-24-28)22(30)16-7-9-27(10-8-16)20(29)6-4-5-19-25-21-15(3)32-13-18(21)23(31)26-19/h11-14,16H,4-10H2,1-3H3,(H,25,26,31). The van der Waals surface area contributed by atoms with E-state index in [0.717, 1.165) is 10.4 Å². The van der Waals surface area contributed by atoms with E-state index in [1.54, 1.807) is 10.9 Å². The summed E-state index contributed by atoms with van der Waals surface area (Å²) in [5.74, 6) is 0.790. The molecule has 1 N–H and O–H groups in total. The number of aromatic amines is 1. The zero-order chi connectivity index (χ0) is 22.8. The summed E-state index contributed by atoms with van der Waals surface area (Å²) in [5.41, 5.74) is 1.29. The average molecular weight is 456 g/mol. The van der Waals surface area contributed by atoms with Crippen LogP contribution in [0, 0.1) is 12.8 Å². The number of carbonyl (C=O) groups is 2. The molecule has 0 spiro atoms. The number of rotatable bonds is 7. The Bertz CT molecular complexity index is 1180. The number of piperidine rings is 1. The molecule has 9 heteroatoms. The molecule has 0 bridgehead atoms. The molecule has 1 aliphatic heterocycles. The minimum absolute atomic E-state index is 0.0567. The zero-order valence-electron chi connectivity index (χ0n) is 18.8. The fraction of sp³-hybridized carbons (Fsp3) is 0.522. The first-order valence-electron chi connectivity index (χ1n) is 11.2. The van der Waals surface area contributed by atoms with Crippen LogP contribution < -0.4 is 5.56 Å². The van der Waals surface area contributed by atoms with E-state index >= 15 is 0 Å². The number of ketones is 1. The van der Waals surface area contributed by atoms with Gasteiger partial charge in [-0.25, -0.2) is 4.98 Å². The molecule has 3 aromatic rings. The third-order valence-electron chi connectivity index (χ3n) is 6.13. The maximum absolute atomic E-state index is 12.8. The number of likely N-dealkylation sites (tertiary alicyclic amines) is 1. The van der Waals surface area contributed by atoms with E-state index < -0.39 is 0 Å². The topological polar surface area (TPSA) is 101 Å². The van der Waals surface area contributed by atoms with Crippen molar-refractivity contribution >= 4 is 33.9 Å². The van der Waals surface area contributed by atoms with Crippen molar-refractivity contribution in [3.05, 3.63) is 44.4 Å². The monoisotopic (exact) mass is 455 g/mol. The van der Waals surface area contributed by atoms with Crippen LogP contribution in [0.1, 0.15) is 66.6 Å². The summed E-state index contributed by atoms with van der Waals surface area (Å²) >= 11 is 1.52. The number of carbonyl (C=O) groups excluding carboxylic acids is 2. The molecular weight excluding hydrogens is 426 g/mol. The molecule has 170 valence electrons. The quantitative estimate of drug-likeness (QED) is 0.550. The van der Waals surface area contributed by atoms with E-state index in [2.05, 4.69) is 15.1 Å². The molecule has 4 rings (SSSR count).